The number of aromatic nitrogens is 4. The van der Waals surface area contributed by atoms with E-state index in [0.717, 1.165) is 32.2 Å². The van der Waals surface area contributed by atoms with E-state index in [0.29, 0.717) is 6.42 Å². The summed E-state index contributed by atoms with van der Waals surface area (Å²) in [7, 11) is -8.06. The molecule has 0 saturated carbocycles. The molecular formula is C19H28N4O11S2. The van der Waals surface area contributed by atoms with Gasteiger partial charge in [0.2, 0.25) is 0 Å². The van der Waals surface area contributed by atoms with Gasteiger partial charge in [0.1, 0.15) is 19.3 Å². The number of esters is 1. The summed E-state index contributed by atoms with van der Waals surface area (Å²) in [6, 6.07) is 0. The van der Waals surface area contributed by atoms with Crippen molar-refractivity contribution in [2.24, 2.45) is 0 Å². The van der Waals surface area contributed by atoms with Gasteiger partial charge in [-0.15, -0.1) is 0 Å². The van der Waals surface area contributed by atoms with E-state index in [-0.39, 0.29) is 17.8 Å². The second-order valence-corrected chi connectivity index (χ2v) is 11.6. The molecule has 15 nitrogen and oxygen atoms in total. The van der Waals surface area contributed by atoms with Crippen molar-refractivity contribution in [2.45, 2.75) is 50.7 Å². The molecule has 0 spiro atoms. The van der Waals surface area contributed by atoms with Crippen molar-refractivity contribution in [3.8, 4) is 0 Å². The van der Waals surface area contributed by atoms with E-state index in [4.69, 9.17) is 22.6 Å². The fraction of sp³-hybridized carbons (Fsp3) is 0.684. The first kappa shape index (κ1) is 28.1. The lowest BCUT2D eigenvalue weighted by atomic mass is 9.96. The van der Waals surface area contributed by atoms with Crippen molar-refractivity contribution < 1.29 is 44.2 Å². The Morgan fingerprint density at radius 2 is 1.81 bits per heavy atom. The lowest BCUT2D eigenvalue weighted by molar-refractivity contribution is -0.158. The molecule has 2 aromatic heterocycles. The van der Waals surface area contributed by atoms with Crippen LogP contribution in [0.4, 0.5) is 0 Å². The van der Waals surface area contributed by atoms with Crippen LogP contribution in [0.15, 0.2) is 17.4 Å². The molecule has 0 radical (unpaired) electrons. The fourth-order valence-corrected chi connectivity index (χ4v) is 4.52. The van der Waals surface area contributed by atoms with E-state index >= 15 is 0 Å². The lowest BCUT2D eigenvalue weighted by Crippen LogP contribution is -2.53. The van der Waals surface area contributed by atoms with Crippen molar-refractivity contribution in [2.75, 3.05) is 32.3 Å². The maximum absolute atomic E-state index is 12.2. The normalized spacial score (nSPS) is 22.2. The molecule has 1 N–H and O–H groups in total. The van der Waals surface area contributed by atoms with E-state index in [2.05, 4.69) is 15.0 Å². The SMILES string of the molecule is CCCCOC1[C@H](OC(C)=O)[C@H](n2cnc3c(=O)[nH]cnc32)OC1(COS(C)(=O)=O)COS(C)(=O)=O. The number of rotatable bonds is 12. The third-order valence-corrected chi connectivity index (χ3v) is 6.32. The number of carbonyl (C=O) groups is 1. The molecule has 202 valence electrons. The van der Waals surface area contributed by atoms with Crippen LogP contribution < -0.4 is 5.56 Å². The molecule has 17 heteroatoms. The molecule has 3 rings (SSSR count). The predicted molar refractivity (Wildman–Crippen MR) is 123 cm³/mol. The standard InChI is InChI=1S/C19H28N4O11S2/c1-5-6-7-30-15-14(33-12(2)24)18(23-11-22-13-16(23)20-10-21-17(13)25)34-19(15,8-31-35(3,26)27)9-32-36(4,28)29/h10-11,14-15,18H,5-9H2,1-4H3,(H,20,21,25)/t14-,15?,18+/m0/s1. The third-order valence-electron chi connectivity index (χ3n) is 5.22. The van der Waals surface area contributed by atoms with Crippen LogP contribution in [0.3, 0.4) is 0 Å². The van der Waals surface area contributed by atoms with Gasteiger partial charge in [0.15, 0.2) is 29.1 Å². The van der Waals surface area contributed by atoms with Crippen LogP contribution in [0.2, 0.25) is 0 Å². The number of imidazole rings is 1. The minimum absolute atomic E-state index is 0.0385. The summed E-state index contributed by atoms with van der Waals surface area (Å²) in [5.74, 6) is -0.725. The van der Waals surface area contributed by atoms with E-state index in [9.17, 15) is 26.4 Å². The summed E-state index contributed by atoms with van der Waals surface area (Å²) in [6.45, 7) is 1.74. The highest BCUT2D eigenvalue weighted by Crippen LogP contribution is 2.43. The quantitative estimate of drug-likeness (QED) is 0.200. The molecule has 1 aliphatic heterocycles. The highest BCUT2D eigenvalue weighted by molar-refractivity contribution is 7.86. The molecule has 0 aromatic carbocycles. The Balaban J connectivity index is 2.16. The highest BCUT2D eigenvalue weighted by atomic mass is 32.2. The predicted octanol–water partition coefficient (Wildman–Crippen LogP) is -0.543. The number of unbranched alkanes of at least 4 members (excludes halogenated alkanes) is 1. The second kappa shape index (κ2) is 10.9. The minimum Gasteiger partial charge on any atom is -0.455 e. The van der Waals surface area contributed by atoms with Gasteiger partial charge >= 0.3 is 5.97 Å². The zero-order valence-electron chi connectivity index (χ0n) is 20.1. The molecule has 2 aromatic rings. The first-order valence-corrected chi connectivity index (χ1v) is 14.5. The van der Waals surface area contributed by atoms with Gasteiger partial charge in [-0.05, 0) is 6.42 Å². The Morgan fingerprint density at radius 3 is 2.36 bits per heavy atom. The summed E-state index contributed by atoms with van der Waals surface area (Å²) in [4.78, 5) is 34.8. The van der Waals surface area contributed by atoms with Crippen LogP contribution in [0.25, 0.3) is 11.2 Å². The van der Waals surface area contributed by atoms with E-state index < -0.39 is 69.0 Å². The summed E-state index contributed by atoms with van der Waals surface area (Å²) in [5, 5.41) is 0. The first-order valence-electron chi connectivity index (χ1n) is 10.8. The largest absolute Gasteiger partial charge is 0.455 e. The molecular weight excluding hydrogens is 524 g/mol. The molecule has 3 atom stereocenters. The maximum atomic E-state index is 12.2. The number of carbonyl (C=O) groups excluding carboxylic acids is 1. The number of aromatic amines is 1. The zero-order valence-corrected chi connectivity index (χ0v) is 21.7. The highest BCUT2D eigenvalue weighted by Gasteiger charge is 2.60. The van der Waals surface area contributed by atoms with Crippen LogP contribution in [-0.2, 0) is 47.6 Å². The summed E-state index contributed by atoms with van der Waals surface area (Å²) < 4.78 is 76.4. The number of hydrogen-bond donors (Lipinski definition) is 1. The monoisotopic (exact) mass is 552 g/mol. The number of fused-ring (bicyclic) bond motifs is 1. The van der Waals surface area contributed by atoms with Gasteiger partial charge < -0.3 is 19.2 Å². The smallest absolute Gasteiger partial charge is 0.303 e. The van der Waals surface area contributed by atoms with Crippen molar-refractivity contribution in [3.05, 3.63) is 23.0 Å². The molecule has 0 bridgehead atoms. The van der Waals surface area contributed by atoms with Crippen molar-refractivity contribution in [1.29, 1.82) is 0 Å². The molecule has 0 aliphatic carbocycles. The van der Waals surface area contributed by atoms with Crippen LogP contribution >= 0.6 is 0 Å². The number of ether oxygens (including phenoxy) is 3. The van der Waals surface area contributed by atoms with Crippen LogP contribution in [0.5, 0.6) is 0 Å². The Bertz CT molecular complexity index is 1320. The molecule has 1 fully saturated rings. The summed E-state index contributed by atoms with van der Waals surface area (Å²) >= 11 is 0. The van der Waals surface area contributed by atoms with Gasteiger partial charge in [-0.25, -0.2) is 9.97 Å². The molecule has 1 aliphatic rings. The van der Waals surface area contributed by atoms with Crippen molar-refractivity contribution in [1.82, 2.24) is 19.5 Å². The zero-order chi connectivity index (χ0) is 26.7. The topological polar surface area (TPSA) is 195 Å². The fourth-order valence-electron chi connectivity index (χ4n) is 3.69. The number of nitrogens with one attached hydrogen (secondary N) is 1. The summed E-state index contributed by atoms with van der Waals surface area (Å²) in [5.41, 5.74) is -2.40. The van der Waals surface area contributed by atoms with Gasteiger partial charge in [0.25, 0.3) is 25.8 Å². The summed E-state index contributed by atoms with van der Waals surface area (Å²) in [6.07, 6.45) is 1.51. The average molecular weight is 553 g/mol. The molecule has 1 saturated heterocycles. The van der Waals surface area contributed by atoms with Crippen LogP contribution in [-0.4, -0.2) is 92.5 Å². The molecule has 36 heavy (non-hydrogen) atoms. The van der Waals surface area contributed by atoms with Crippen molar-refractivity contribution >= 4 is 37.4 Å². The molecule has 1 unspecified atom stereocenters. The Kier molecular flexibility index (Phi) is 8.51. The van der Waals surface area contributed by atoms with E-state index in [1.807, 2.05) is 6.92 Å². The number of hydrogen-bond acceptors (Lipinski definition) is 13. The minimum atomic E-state index is -4.03. The van der Waals surface area contributed by atoms with Crippen molar-refractivity contribution in [3.63, 3.8) is 0 Å². The average Bonchev–Trinajstić information content (AvgIpc) is 3.31. The molecule has 3 heterocycles. The van der Waals surface area contributed by atoms with Crippen LogP contribution in [0.1, 0.15) is 32.9 Å². The third kappa shape index (κ3) is 6.65. The first-order chi connectivity index (χ1) is 16.8. The van der Waals surface area contributed by atoms with Gasteiger partial charge in [-0.2, -0.15) is 16.8 Å². The Morgan fingerprint density at radius 1 is 1.17 bits per heavy atom. The second-order valence-electron chi connectivity index (χ2n) is 8.28. The molecule has 0 amide bonds. The lowest BCUT2D eigenvalue weighted by Gasteiger charge is -2.33. The van der Waals surface area contributed by atoms with Gasteiger partial charge in [0, 0.05) is 13.5 Å². The van der Waals surface area contributed by atoms with Gasteiger partial charge in [-0.1, -0.05) is 13.3 Å². The Labute approximate surface area is 207 Å². The Hall–Kier alpha value is -2.44. The van der Waals surface area contributed by atoms with Gasteiger partial charge in [0.05, 0.1) is 25.2 Å². The maximum Gasteiger partial charge on any atom is 0.303 e. The number of nitrogens with zero attached hydrogens (tertiary/aromatic N) is 3. The van der Waals surface area contributed by atoms with E-state index in [1.165, 1.54) is 10.9 Å². The van der Waals surface area contributed by atoms with E-state index in [1.54, 1.807) is 0 Å². The van der Waals surface area contributed by atoms with Gasteiger partial charge in [-0.3, -0.25) is 22.5 Å². The number of H-pyrrole nitrogens is 1. The van der Waals surface area contributed by atoms with Crippen LogP contribution in [0, 0.1) is 0 Å².